The van der Waals surface area contributed by atoms with Gasteiger partial charge in [0.25, 0.3) is 0 Å². The fourth-order valence-corrected chi connectivity index (χ4v) is 0.978. The Balaban J connectivity index is 1.66. The molecule has 1 heterocycles. The van der Waals surface area contributed by atoms with Gasteiger partial charge in [-0.05, 0) is 12.8 Å². The van der Waals surface area contributed by atoms with Crippen LogP contribution in [0.3, 0.4) is 0 Å². The van der Waals surface area contributed by atoms with E-state index in [4.69, 9.17) is 0 Å². The highest BCUT2D eigenvalue weighted by atomic mass is 16.5. The summed E-state index contributed by atoms with van der Waals surface area (Å²) in [5, 5.41) is 7.08. The van der Waals surface area contributed by atoms with Crippen LogP contribution in [-0.4, -0.2) is 22.7 Å². The molecule has 0 saturated heterocycles. The molecule has 1 aliphatic rings. The summed E-state index contributed by atoms with van der Waals surface area (Å²) in [6, 6.07) is 0.766. The second-order valence-electron chi connectivity index (χ2n) is 2.83. The van der Waals surface area contributed by atoms with Crippen LogP contribution in [0, 0.1) is 0 Å². The van der Waals surface area contributed by atoms with Crippen molar-refractivity contribution in [1.29, 1.82) is 0 Å². The zero-order valence-electron chi connectivity index (χ0n) is 6.29. The van der Waals surface area contributed by atoms with Crippen molar-refractivity contribution in [2.24, 2.45) is 0 Å². The van der Waals surface area contributed by atoms with Gasteiger partial charge in [-0.15, -0.1) is 0 Å². The zero-order chi connectivity index (χ0) is 7.52. The lowest BCUT2D eigenvalue weighted by Gasteiger charge is -1.96. The van der Waals surface area contributed by atoms with Crippen LogP contribution in [0.2, 0.25) is 0 Å². The Bertz CT molecular complexity index is 205. The number of rotatable bonds is 4. The summed E-state index contributed by atoms with van der Waals surface area (Å²) >= 11 is 0. The Kier molecular flexibility index (Phi) is 1.85. The van der Waals surface area contributed by atoms with Crippen molar-refractivity contribution in [3.8, 4) is 0 Å². The smallest absolute Gasteiger partial charge is 0.213 e. The molecule has 0 radical (unpaired) electrons. The van der Waals surface area contributed by atoms with Gasteiger partial charge in [0, 0.05) is 19.0 Å². The number of hydrogen-bond acceptors (Lipinski definition) is 4. The summed E-state index contributed by atoms with van der Waals surface area (Å²) in [7, 11) is 0. The molecule has 0 aromatic carbocycles. The first-order valence-electron chi connectivity index (χ1n) is 3.94. The van der Waals surface area contributed by atoms with Gasteiger partial charge in [-0.25, -0.2) is 0 Å². The largest absolute Gasteiger partial charge is 0.343 e. The van der Waals surface area contributed by atoms with Gasteiger partial charge < -0.3 is 9.84 Å². The van der Waals surface area contributed by atoms with Gasteiger partial charge in [0.2, 0.25) is 6.39 Å². The van der Waals surface area contributed by atoms with Crippen molar-refractivity contribution in [2.75, 3.05) is 6.54 Å². The first-order chi connectivity index (χ1) is 5.45. The third-order valence-electron chi connectivity index (χ3n) is 1.77. The van der Waals surface area contributed by atoms with Gasteiger partial charge in [0.05, 0.1) is 0 Å². The molecule has 0 unspecified atom stereocenters. The van der Waals surface area contributed by atoms with Gasteiger partial charge in [-0.1, -0.05) is 5.16 Å². The van der Waals surface area contributed by atoms with Crippen molar-refractivity contribution in [1.82, 2.24) is 15.5 Å². The van der Waals surface area contributed by atoms with Gasteiger partial charge in [-0.3, -0.25) is 0 Å². The van der Waals surface area contributed by atoms with Gasteiger partial charge in [-0.2, -0.15) is 4.98 Å². The topological polar surface area (TPSA) is 51.0 Å². The maximum atomic E-state index is 4.60. The molecule has 1 saturated carbocycles. The van der Waals surface area contributed by atoms with Crippen LogP contribution >= 0.6 is 0 Å². The lowest BCUT2D eigenvalue weighted by molar-refractivity contribution is 0.409. The molecule has 1 aromatic heterocycles. The Morgan fingerprint density at radius 1 is 1.64 bits per heavy atom. The van der Waals surface area contributed by atoms with Crippen LogP contribution in [0.25, 0.3) is 0 Å². The molecule has 1 fully saturated rings. The van der Waals surface area contributed by atoms with Crippen molar-refractivity contribution in [3.05, 3.63) is 12.2 Å². The fraction of sp³-hybridized carbons (Fsp3) is 0.714. The van der Waals surface area contributed by atoms with Crippen molar-refractivity contribution < 1.29 is 4.52 Å². The molecule has 0 aliphatic heterocycles. The van der Waals surface area contributed by atoms with E-state index in [1.165, 1.54) is 19.2 Å². The van der Waals surface area contributed by atoms with Gasteiger partial charge >= 0.3 is 0 Å². The summed E-state index contributed by atoms with van der Waals surface area (Å²) < 4.78 is 4.60. The minimum absolute atomic E-state index is 0.766. The van der Waals surface area contributed by atoms with Crippen LogP contribution in [0.15, 0.2) is 10.9 Å². The molecule has 4 heteroatoms. The molecule has 60 valence electrons. The van der Waals surface area contributed by atoms with E-state index in [-0.39, 0.29) is 0 Å². The first-order valence-corrected chi connectivity index (χ1v) is 3.94. The van der Waals surface area contributed by atoms with E-state index in [1.54, 1.807) is 0 Å². The Morgan fingerprint density at radius 2 is 2.55 bits per heavy atom. The second-order valence-corrected chi connectivity index (χ2v) is 2.83. The Morgan fingerprint density at radius 3 is 3.18 bits per heavy atom. The van der Waals surface area contributed by atoms with E-state index in [1.807, 2.05) is 0 Å². The van der Waals surface area contributed by atoms with Crippen LogP contribution in [-0.2, 0) is 6.42 Å². The SMILES string of the molecule is c1nc(CCNC2CC2)no1. The molecule has 0 atom stereocenters. The molecule has 1 aliphatic carbocycles. The molecular weight excluding hydrogens is 142 g/mol. The molecule has 0 amide bonds. The molecular formula is C7H11N3O. The van der Waals surface area contributed by atoms with Crippen molar-refractivity contribution in [3.63, 3.8) is 0 Å². The van der Waals surface area contributed by atoms with Crippen molar-refractivity contribution in [2.45, 2.75) is 25.3 Å². The molecule has 1 aromatic rings. The standard InChI is InChI=1S/C7H11N3O/c1-2-6(1)8-4-3-7-9-5-11-10-7/h5-6,8H,1-4H2. The van der Waals surface area contributed by atoms with E-state index in [2.05, 4.69) is 20.0 Å². The van der Waals surface area contributed by atoms with E-state index in [0.29, 0.717) is 0 Å². The van der Waals surface area contributed by atoms with Gasteiger partial charge in [0.1, 0.15) is 0 Å². The minimum atomic E-state index is 0.766. The summed E-state index contributed by atoms with van der Waals surface area (Å²) in [6.07, 6.45) is 4.89. The maximum absolute atomic E-state index is 4.60. The highest BCUT2D eigenvalue weighted by molar-refractivity contribution is 4.84. The molecule has 11 heavy (non-hydrogen) atoms. The molecule has 0 spiro atoms. The third-order valence-corrected chi connectivity index (χ3v) is 1.77. The lowest BCUT2D eigenvalue weighted by atomic mass is 10.4. The van der Waals surface area contributed by atoms with Crippen molar-refractivity contribution >= 4 is 0 Å². The predicted molar refractivity (Wildman–Crippen MR) is 39.0 cm³/mol. The first kappa shape index (κ1) is 6.79. The average Bonchev–Trinajstić information content (AvgIpc) is 2.66. The Labute approximate surface area is 65.0 Å². The normalized spacial score (nSPS) is 17.1. The van der Waals surface area contributed by atoms with E-state index in [9.17, 15) is 0 Å². The predicted octanol–water partition coefficient (Wildman–Crippen LogP) is 0.364. The Hall–Kier alpha value is -0.900. The zero-order valence-corrected chi connectivity index (χ0v) is 6.29. The van der Waals surface area contributed by atoms with Gasteiger partial charge in [0.15, 0.2) is 5.82 Å². The van der Waals surface area contributed by atoms with E-state index < -0.39 is 0 Å². The summed E-state index contributed by atoms with van der Waals surface area (Å²) in [5.74, 6) is 0.790. The summed E-state index contributed by atoms with van der Waals surface area (Å²) in [4.78, 5) is 3.92. The monoisotopic (exact) mass is 153 g/mol. The highest BCUT2D eigenvalue weighted by Gasteiger charge is 2.19. The molecule has 1 N–H and O–H groups in total. The second kappa shape index (κ2) is 3.00. The van der Waals surface area contributed by atoms with Crippen LogP contribution in [0.4, 0.5) is 0 Å². The third kappa shape index (κ3) is 2.01. The fourth-order valence-electron chi connectivity index (χ4n) is 0.978. The lowest BCUT2D eigenvalue weighted by Crippen LogP contribution is -2.19. The summed E-state index contributed by atoms with van der Waals surface area (Å²) in [6.45, 7) is 0.962. The number of nitrogens with one attached hydrogen (secondary N) is 1. The summed E-state index contributed by atoms with van der Waals surface area (Å²) in [5.41, 5.74) is 0. The molecule has 4 nitrogen and oxygen atoms in total. The van der Waals surface area contributed by atoms with Crippen LogP contribution in [0.5, 0.6) is 0 Å². The van der Waals surface area contributed by atoms with Crippen LogP contribution in [0.1, 0.15) is 18.7 Å². The highest BCUT2D eigenvalue weighted by Crippen LogP contribution is 2.18. The molecule has 0 bridgehead atoms. The average molecular weight is 153 g/mol. The minimum Gasteiger partial charge on any atom is -0.343 e. The quantitative estimate of drug-likeness (QED) is 0.678. The van der Waals surface area contributed by atoms with Crippen LogP contribution < -0.4 is 5.32 Å². The van der Waals surface area contributed by atoms with E-state index in [0.717, 1.165) is 24.8 Å². The maximum Gasteiger partial charge on any atom is 0.213 e. The number of nitrogens with zero attached hydrogens (tertiary/aromatic N) is 2. The number of aromatic nitrogens is 2. The molecule has 2 rings (SSSR count). The number of hydrogen-bond donors (Lipinski definition) is 1. The van der Waals surface area contributed by atoms with E-state index >= 15 is 0 Å².